The van der Waals surface area contributed by atoms with E-state index in [1.807, 2.05) is 26.0 Å². The summed E-state index contributed by atoms with van der Waals surface area (Å²) in [5.74, 6) is -0.361. The Morgan fingerprint density at radius 3 is 1.96 bits per heavy atom. The molecule has 8 heteroatoms. The summed E-state index contributed by atoms with van der Waals surface area (Å²) in [5.41, 5.74) is -0.938. The van der Waals surface area contributed by atoms with E-state index in [2.05, 4.69) is 18.5 Å². The summed E-state index contributed by atoms with van der Waals surface area (Å²) in [7, 11) is 0. The highest BCUT2D eigenvalue weighted by Gasteiger charge is 2.17. The van der Waals surface area contributed by atoms with Gasteiger partial charge in [-0.1, -0.05) is 44.2 Å². The van der Waals surface area contributed by atoms with Crippen molar-refractivity contribution in [2.24, 2.45) is 0 Å². The van der Waals surface area contributed by atoms with E-state index in [0.29, 0.717) is 5.69 Å². The minimum atomic E-state index is -0.859. The molecule has 2 aromatic rings. The number of aromatic nitrogens is 3. The Kier molecular flexibility index (Phi) is 6.70. The number of anilines is 1. The van der Waals surface area contributed by atoms with Crippen molar-refractivity contribution in [2.75, 3.05) is 5.32 Å². The molecule has 0 aliphatic heterocycles. The maximum Gasteiger partial charge on any atom is 0.337 e. The highest BCUT2D eigenvalue weighted by Crippen LogP contribution is 2.23. The van der Waals surface area contributed by atoms with Crippen LogP contribution in [0.3, 0.4) is 0 Å². The van der Waals surface area contributed by atoms with Crippen molar-refractivity contribution in [3.8, 4) is 0 Å². The normalized spacial score (nSPS) is 10.7. The van der Waals surface area contributed by atoms with E-state index >= 15 is 0 Å². The Labute approximate surface area is 162 Å². The largest absolute Gasteiger partial charge is 0.337 e. The Hall–Kier alpha value is -3.42. The molecule has 148 valence electrons. The van der Waals surface area contributed by atoms with Gasteiger partial charge in [-0.15, -0.1) is 13.2 Å². The van der Waals surface area contributed by atoms with Crippen LogP contribution in [0.4, 0.5) is 5.69 Å². The van der Waals surface area contributed by atoms with E-state index in [1.54, 1.807) is 12.1 Å². The van der Waals surface area contributed by atoms with Crippen LogP contribution in [0.2, 0.25) is 0 Å². The molecule has 8 nitrogen and oxygen atoms in total. The molecule has 1 N–H and O–H groups in total. The molecule has 2 rings (SSSR count). The standard InChI is InChI=1S/C20H24N4O4/c1-5-11-22-18(26)23(12-6-2)20(28)24(19(22)27)13-17(25)21-16-10-8-7-9-15(16)14(3)4/h5-10,14H,1-2,11-13H2,3-4H3,(H,21,25). The van der Waals surface area contributed by atoms with E-state index in [0.717, 1.165) is 19.3 Å². The lowest BCUT2D eigenvalue weighted by Crippen LogP contribution is -2.55. The minimum absolute atomic E-state index is 0.0765. The molecule has 28 heavy (non-hydrogen) atoms. The van der Waals surface area contributed by atoms with Crippen LogP contribution >= 0.6 is 0 Å². The molecular formula is C20H24N4O4. The Morgan fingerprint density at radius 2 is 1.46 bits per heavy atom. The van der Waals surface area contributed by atoms with Crippen LogP contribution < -0.4 is 22.4 Å². The van der Waals surface area contributed by atoms with Crippen LogP contribution in [-0.2, 0) is 24.4 Å². The molecule has 1 heterocycles. The maximum absolute atomic E-state index is 12.6. The molecule has 0 saturated carbocycles. The van der Waals surface area contributed by atoms with Gasteiger partial charge in [-0.05, 0) is 17.5 Å². The number of amides is 1. The topological polar surface area (TPSA) is 95.1 Å². The number of hydrogen-bond donors (Lipinski definition) is 1. The second-order valence-electron chi connectivity index (χ2n) is 6.52. The third kappa shape index (κ3) is 4.28. The van der Waals surface area contributed by atoms with Crippen LogP contribution in [0.5, 0.6) is 0 Å². The second-order valence-corrected chi connectivity index (χ2v) is 6.52. The number of allylic oxidation sites excluding steroid dienone is 2. The predicted octanol–water partition coefficient (Wildman–Crippen LogP) is 1.31. The number of para-hydroxylation sites is 1. The summed E-state index contributed by atoms with van der Waals surface area (Å²) in [6.07, 6.45) is 2.74. The third-order valence-electron chi connectivity index (χ3n) is 4.17. The number of carbonyl (C=O) groups excluding carboxylic acids is 1. The average molecular weight is 384 g/mol. The monoisotopic (exact) mass is 384 g/mol. The van der Waals surface area contributed by atoms with Gasteiger partial charge in [0, 0.05) is 5.69 Å². The van der Waals surface area contributed by atoms with Crippen molar-refractivity contribution in [1.29, 1.82) is 0 Å². The molecule has 0 aliphatic rings. The number of nitrogens with one attached hydrogen (secondary N) is 1. The van der Waals surface area contributed by atoms with Crippen LogP contribution in [0.1, 0.15) is 25.3 Å². The van der Waals surface area contributed by atoms with Gasteiger partial charge in [0.15, 0.2) is 0 Å². The van der Waals surface area contributed by atoms with Gasteiger partial charge < -0.3 is 5.32 Å². The third-order valence-corrected chi connectivity index (χ3v) is 4.17. The fraction of sp³-hybridized carbons (Fsp3) is 0.300. The molecule has 0 radical (unpaired) electrons. The minimum Gasteiger partial charge on any atom is -0.324 e. The maximum atomic E-state index is 12.6. The van der Waals surface area contributed by atoms with Gasteiger partial charge in [-0.25, -0.2) is 28.1 Å². The lowest BCUT2D eigenvalue weighted by molar-refractivity contribution is -0.116. The molecule has 0 fully saturated rings. The van der Waals surface area contributed by atoms with Crippen molar-refractivity contribution in [2.45, 2.75) is 39.4 Å². The predicted molar refractivity (Wildman–Crippen MR) is 109 cm³/mol. The highest BCUT2D eigenvalue weighted by atomic mass is 16.2. The first-order valence-electron chi connectivity index (χ1n) is 8.86. The van der Waals surface area contributed by atoms with Crippen molar-refractivity contribution in [1.82, 2.24) is 13.7 Å². The number of nitrogens with zero attached hydrogens (tertiary/aromatic N) is 3. The zero-order valence-corrected chi connectivity index (χ0v) is 16.1. The van der Waals surface area contributed by atoms with Gasteiger partial charge >= 0.3 is 17.1 Å². The van der Waals surface area contributed by atoms with Gasteiger partial charge in [0.2, 0.25) is 5.91 Å². The zero-order valence-electron chi connectivity index (χ0n) is 16.1. The van der Waals surface area contributed by atoms with Crippen molar-refractivity contribution < 1.29 is 4.79 Å². The summed E-state index contributed by atoms with van der Waals surface area (Å²) >= 11 is 0. The molecule has 1 amide bonds. The average Bonchev–Trinajstić information content (AvgIpc) is 2.66. The molecule has 1 aromatic carbocycles. The van der Waals surface area contributed by atoms with Crippen LogP contribution in [-0.4, -0.2) is 19.6 Å². The molecule has 0 spiro atoms. The molecule has 0 atom stereocenters. The van der Waals surface area contributed by atoms with Crippen LogP contribution in [0.25, 0.3) is 0 Å². The first kappa shape index (κ1) is 20.9. The van der Waals surface area contributed by atoms with Gasteiger partial charge in [0.05, 0.1) is 13.1 Å². The van der Waals surface area contributed by atoms with E-state index in [-0.39, 0.29) is 19.0 Å². The second kappa shape index (κ2) is 8.98. The van der Waals surface area contributed by atoms with Crippen molar-refractivity contribution in [3.05, 3.63) is 86.6 Å². The summed E-state index contributed by atoms with van der Waals surface area (Å²) in [5, 5.41) is 2.74. The first-order valence-corrected chi connectivity index (χ1v) is 8.86. The van der Waals surface area contributed by atoms with Crippen molar-refractivity contribution in [3.63, 3.8) is 0 Å². The summed E-state index contributed by atoms with van der Waals surface area (Å²) in [6.45, 7) is 10.3. The van der Waals surface area contributed by atoms with Crippen molar-refractivity contribution >= 4 is 11.6 Å². The van der Waals surface area contributed by atoms with Crippen LogP contribution in [0, 0.1) is 0 Å². The zero-order chi connectivity index (χ0) is 20.8. The molecule has 0 bridgehead atoms. The van der Waals surface area contributed by atoms with Gasteiger partial charge in [-0.3, -0.25) is 4.79 Å². The van der Waals surface area contributed by atoms with Crippen LogP contribution in [0.15, 0.2) is 64.0 Å². The summed E-state index contributed by atoms with van der Waals surface area (Å²) in [4.78, 5) is 50.1. The van der Waals surface area contributed by atoms with E-state index in [9.17, 15) is 19.2 Å². The Balaban J connectivity index is 2.46. The van der Waals surface area contributed by atoms with E-state index in [4.69, 9.17) is 0 Å². The lowest BCUT2D eigenvalue weighted by Gasteiger charge is -2.15. The first-order chi connectivity index (χ1) is 13.3. The number of benzene rings is 1. The van der Waals surface area contributed by atoms with E-state index < -0.39 is 29.5 Å². The Bertz CT molecular complexity index is 1020. The fourth-order valence-electron chi connectivity index (χ4n) is 2.84. The smallest absolute Gasteiger partial charge is 0.324 e. The van der Waals surface area contributed by atoms with Gasteiger partial charge in [-0.2, -0.15) is 0 Å². The number of rotatable bonds is 8. The molecule has 0 saturated heterocycles. The molecular weight excluding hydrogens is 360 g/mol. The molecule has 0 aliphatic carbocycles. The number of carbonyl (C=O) groups is 1. The number of hydrogen-bond acceptors (Lipinski definition) is 4. The summed E-state index contributed by atoms with van der Waals surface area (Å²) in [6, 6.07) is 7.31. The lowest BCUT2D eigenvalue weighted by atomic mass is 10.0. The van der Waals surface area contributed by atoms with Gasteiger partial charge in [0.25, 0.3) is 0 Å². The van der Waals surface area contributed by atoms with Gasteiger partial charge in [0.1, 0.15) is 6.54 Å². The molecule has 1 aromatic heterocycles. The SMILES string of the molecule is C=CCn1c(=O)n(CC=C)c(=O)n(CC(=O)Nc2ccccc2C(C)C)c1=O. The molecule has 0 unspecified atom stereocenters. The Morgan fingerprint density at radius 1 is 0.964 bits per heavy atom. The summed E-state index contributed by atoms with van der Waals surface area (Å²) < 4.78 is 2.45. The van der Waals surface area contributed by atoms with E-state index in [1.165, 1.54) is 12.2 Å². The highest BCUT2D eigenvalue weighted by molar-refractivity contribution is 5.91. The fourth-order valence-corrected chi connectivity index (χ4v) is 2.84. The quantitative estimate of drug-likeness (QED) is 0.694.